The van der Waals surface area contributed by atoms with E-state index >= 15 is 0 Å². The molecule has 3 nitrogen and oxygen atoms in total. The maximum absolute atomic E-state index is 8.93. The zero-order valence-electron chi connectivity index (χ0n) is 12.7. The van der Waals surface area contributed by atoms with Crippen molar-refractivity contribution in [2.24, 2.45) is 0 Å². The Bertz CT molecular complexity index is 402. The van der Waals surface area contributed by atoms with E-state index in [9.17, 15) is 0 Å². The van der Waals surface area contributed by atoms with Crippen LogP contribution in [0.5, 0.6) is 0 Å². The molecule has 19 heavy (non-hydrogen) atoms. The van der Waals surface area contributed by atoms with Crippen molar-refractivity contribution >= 4 is 11.8 Å². The minimum absolute atomic E-state index is 0.122. The molecule has 0 saturated carbocycles. The number of hydrogen-bond acceptors (Lipinski definition) is 4. The normalized spacial score (nSPS) is 13.6. The topological polar surface area (TPSA) is 45.2 Å². The Balaban J connectivity index is 2.64. The van der Waals surface area contributed by atoms with Crippen molar-refractivity contribution in [3.8, 4) is 0 Å². The van der Waals surface area contributed by atoms with Crippen LogP contribution in [0, 0.1) is 6.92 Å². The lowest BCUT2D eigenvalue weighted by Gasteiger charge is -2.20. The molecule has 2 N–H and O–H groups in total. The smallest absolute Gasteiger partial charge is 0.0991 e. The van der Waals surface area contributed by atoms with E-state index < -0.39 is 0 Å². The van der Waals surface area contributed by atoms with Crippen molar-refractivity contribution in [3.63, 3.8) is 0 Å². The van der Waals surface area contributed by atoms with Crippen LogP contribution in [-0.4, -0.2) is 27.5 Å². The molecule has 0 fully saturated rings. The van der Waals surface area contributed by atoms with Crippen molar-refractivity contribution < 1.29 is 5.11 Å². The predicted octanol–water partition coefficient (Wildman–Crippen LogP) is 3.14. The third-order valence-electron chi connectivity index (χ3n) is 2.76. The summed E-state index contributed by atoms with van der Waals surface area (Å²) in [7, 11) is 0. The van der Waals surface area contributed by atoms with Gasteiger partial charge in [-0.1, -0.05) is 13.0 Å². The van der Waals surface area contributed by atoms with E-state index in [0.717, 1.165) is 18.0 Å². The van der Waals surface area contributed by atoms with Crippen molar-refractivity contribution in [3.05, 3.63) is 23.4 Å². The van der Waals surface area contributed by atoms with Gasteiger partial charge in [0, 0.05) is 30.1 Å². The highest BCUT2D eigenvalue weighted by Gasteiger charge is 2.11. The number of hydrogen-bond donors (Lipinski definition) is 2. The first-order chi connectivity index (χ1) is 8.81. The van der Waals surface area contributed by atoms with Crippen molar-refractivity contribution in [2.45, 2.75) is 63.4 Å². The summed E-state index contributed by atoms with van der Waals surface area (Å²) >= 11 is 1.74. The van der Waals surface area contributed by atoms with E-state index in [0.29, 0.717) is 5.25 Å². The quantitative estimate of drug-likeness (QED) is 0.787. The number of aryl methyl sites for hydroxylation is 1. The van der Waals surface area contributed by atoms with Gasteiger partial charge in [0.2, 0.25) is 0 Å². The lowest BCUT2D eigenvalue weighted by Crippen LogP contribution is -2.35. The van der Waals surface area contributed by atoms with E-state index in [1.807, 2.05) is 6.20 Å². The predicted molar refractivity (Wildman–Crippen MR) is 82.6 cm³/mol. The summed E-state index contributed by atoms with van der Waals surface area (Å²) < 4.78 is 0. The van der Waals surface area contributed by atoms with Gasteiger partial charge in [0.1, 0.15) is 0 Å². The Hall–Kier alpha value is -0.580. The van der Waals surface area contributed by atoms with Gasteiger partial charge in [-0.3, -0.25) is 0 Å². The maximum Gasteiger partial charge on any atom is 0.0991 e. The van der Waals surface area contributed by atoms with Crippen LogP contribution in [0.2, 0.25) is 0 Å². The monoisotopic (exact) mass is 282 g/mol. The number of thioether (sulfide) groups is 1. The summed E-state index contributed by atoms with van der Waals surface area (Å²) in [5, 5.41) is 13.9. The summed E-state index contributed by atoms with van der Waals surface area (Å²) in [6, 6.07) is 2.19. The third kappa shape index (κ3) is 6.41. The zero-order valence-corrected chi connectivity index (χ0v) is 13.5. The second-order valence-corrected chi connectivity index (χ2v) is 7.44. The molecule has 1 atom stereocenters. The molecule has 0 radical (unpaired) electrons. The Morgan fingerprint density at radius 1 is 1.42 bits per heavy atom. The van der Waals surface area contributed by atoms with Gasteiger partial charge in [0.05, 0.1) is 5.03 Å². The van der Waals surface area contributed by atoms with Crippen molar-refractivity contribution in [1.29, 1.82) is 0 Å². The van der Waals surface area contributed by atoms with Gasteiger partial charge in [-0.15, -0.1) is 11.8 Å². The maximum atomic E-state index is 8.93. The van der Waals surface area contributed by atoms with E-state index in [-0.39, 0.29) is 12.1 Å². The summed E-state index contributed by atoms with van der Waals surface area (Å²) in [5.74, 6) is 0. The summed E-state index contributed by atoms with van der Waals surface area (Å²) in [6.07, 6.45) is 2.75. The van der Waals surface area contributed by atoms with Gasteiger partial charge in [0.15, 0.2) is 0 Å². The first-order valence-corrected chi connectivity index (χ1v) is 7.68. The standard InChI is InChI=1S/C15H26N2OS/c1-11-8-13(10-17-15(3,4)5)9-16-14(11)19-12(2)6-7-18/h8-9,12,17-18H,6-7,10H2,1-5H3. The van der Waals surface area contributed by atoms with Crippen molar-refractivity contribution in [2.75, 3.05) is 6.61 Å². The average Bonchev–Trinajstić information content (AvgIpc) is 2.29. The van der Waals surface area contributed by atoms with Gasteiger partial charge in [-0.05, 0) is 45.2 Å². The van der Waals surface area contributed by atoms with Gasteiger partial charge in [-0.25, -0.2) is 4.98 Å². The number of rotatable bonds is 6. The molecular formula is C15H26N2OS. The zero-order chi connectivity index (χ0) is 14.5. The van der Waals surface area contributed by atoms with Gasteiger partial charge < -0.3 is 10.4 Å². The Labute approximate surface area is 121 Å². The fourth-order valence-electron chi connectivity index (χ4n) is 1.64. The first kappa shape index (κ1) is 16.5. The summed E-state index contributed by atoms with van der Waals surface area (Å²) in [4.78, 5) is 4.54. The van der Waals surface area contributed by atoms with Gasteiger partial charge in [-0.2, -0.15) is 0 Å². The molecule has 1 heterocycles. The molecule has 4 heteroatoms. The third-order valence-corrected chi connectivity index (χ3v) is 4.05. The van der Waals surface area contributed by atoms with E-state index in [4.69, 9.17) is 5.11 Å². The second kappa shape index (κ2) is 7.27. The molecule has 0 aliphatic heterocycles. The SMILES string of the molecule is Cc1cc(CNC(C)(C)C)cnc1SC(C)CCO. The molecule has 0 aliphatic rings. The fourth-order valence-corrected chi connectivity index (χ4v) is 2.60. The molecule has 1 rings (SSSR count). The number of aromatic nitrogens is 1. The first-order valence-electron chi connectivity index (χ1n) is 6.80. The number of pyridine rings is 1. The van der Waals surface area contributed by atoms with Crippen LogP contribution < -0.4 is 5.32 Å². The number of nitrogens with zero attached hydrogens (tertiary/aromatic N) is 1. The molecule has 0 amide bonds. The largest absolute Gasteiger partial charge is 0.396 e. The van der Waals surface area contributed by atoms with Gasteiger partial charge >= 0.3 is 0 Å². The molecule has 108 valence electrons. The molecule has 0 spiro atoms. The molecule has 0 aromatic carbocycles. The number of aliphatic hydroxyl groups excluding tert-OH is 1. The van der Waals surface area contributed by atoms with Crippen molar-refractivity contribution in [1.82, 2.24) is 10.3 Å². The molecule has 0 bridgehead atoms. The van der Waals surface area contributed by atoms with Crippen LogP contribution in [-0.2, 0) is 6.54 Å². The van der Waals surface area contributed by atoms with E-state index in [2.05, 4.69) is 51.0 Å². The number of aliphatic hydroxyl groups is 1. The van der Waals surface area contributed by atoms with Crippen LogP contribution in [0.4, 0.5) is 0 Å². The van der Waals surface area contributed by atoms with Gasteiger partial charge in [0.25, 0.3) is 0 Å². The minimum Gasteiger partial charge on any atom is -0.396 e. The molecule has 1 aromatic rings. The minimum atomic E-state index is 0.122. The lowest BCUT2D eigenvalue weighted by molar-refractivity contribution is 0.289. The van der Waals surface area contributed by atoms with E-state index in [1.165, 1.54) is 11.1 Å². The van der Waals surface area contributed by atoms with Crippen LogP contribution in [0.3, 0.4) is 0 Å². The number of nitrogens with one attached hydrogen (secondary N) is 1. The summed E-state index contributed by atoms with van der Waals surface area (Å²) in [5.41, 5.74) is 2.55. The Kier molecular flexibility index (Phi) is 6.30. The molecule has 0 saturated heterocycles. The van der Waals surface area contributed by atoms with E-state index in [1.54, 1.807) is 11.8 Å². The van der Waals surface area contributed by atoms with Crippen LogP contribution >= 0.6 is 11.8 Å². The molecular weight excluding hydrogens is 256 g/mol. The highest BCUT2D eigenvalue weighted by atomic mass is 32.2. The molecule has 1 unspecified atom stereocenters. The second-order valence-electron chi connectivity index (χ2n) is 6.01. The Morgan fingerprint density at radius 3 is 2.63 bits per heavy atom. The average molecular weight is 282 g/mol. The summed E-state index contributed by atoms with van der Waals surface area (Å²) in [6.45, 7) is 11.8. The highest BCUT2D eigenvalue weighted by molar-refractivity contribution is 7.99. The van der Waals surface area contributed by atoms with Crippen LogP contribution in [0.1, 0.15) is 45.2 Å². The molecule has 1 aromatic heterocycles. The lowest BCUT2D eigenvalue weighted by atomic mass is 10.1. The molecule has 0 aliphatic carbocycles. The van der Waals surface area contributed by atoms with Crippen LogP contribution in [0.15, 0.2) is 17.3 Å². The Morgan fingerprint density at radius 2 is 2.11 bits per heavy atom. The highest BCUT2D eigenvalue weighted by Crippen LogP contribution is 2.26. The van der Waals surface area contributed by atoms with Crippen LogP contribution in [0.25, 0.3) is 0 Å². The fraction of sp³-hybridized carbons (Fsp3) is 0.667.